The van der Waals surface area contributed by atoms with Gasteiger partial charge in [-0.3, -0.25) is 0 Å². The van der Waals surface area contributed by atoms with E-state index in [4.69, 9.17) is 19.6 Å². The zero-order chi connectivity index (χ0) is 18.7. The van der Waals surface area contributed by atoms with E-state index in [1.165, 1.54) is 0 Å². The molecule has 0 saturated carbocycles. The minimum Gasteiger partial charge on any atom is -0.333 e. The van der Waals surface area contributed by atoms with Gasteiger partial charge in [0.1, 0.15) is 11.2 Å². The van der Waals surface area contributed by atoms with Gasteiger partial charge in [0, 0.05) is 11.1 Å². The zero-order valence-electron chi connectivity index (χ0n) is 16.9. The summed E-state index contributed by atoms with van der Waals surface area (Å²) in [5, 5.41) is 0. The Bertz CT molecular complexity index is 485. The van der Waals surface area contributed by atoms with Crippen LogP contribution in [0.5, 0.6) is 11.5 Å². The van der Waals surface area contributed by atoms with E-state index in [9.17, 15) is 0 Å². The Morgan fingerprint density at radius 1 is 0.625 bits per heavy atom. The Hall–Kier alpha value is -1.26. The second-order valence-electron chi connectivity index (χ2n) is 8.77. The first-order valence-corrected chi connectivity index (χ1v) is 8.70. The van der Waals surface area contributed by atoms with Crippen molar-refractivity contribution in [2.45, 2.75) is 92.3 Å². The van der Waals surface area contributed by atoms with E-state index in [0.29, 0.717) is 11.5 Å². The van der Waals surface area contributed by atoms with Crippen LogP contribution in [0, 0.1) is 0 Å². The van der Waals surface area contributed by atoms with Gasteiger partial charge in [-0.1, -0.05) is 39.8 Å². The van der Waals surface area contributed by atoms with Crippen molar-refractivity contribution in [1.29, 1.82) is 0 Å². The summed E-state index contributed by atoms with van der Waals surface area (Å²) in [5.41, 5.74) is 1.20. The van der Waals surface area contributed by atoms with Gasteiger partial charge in [-0.05, 0) is 53.4 Å². The molecule has 0 saturated heterocycles. The van der Waals surface area contributed by atoms with Gasteiger partial charge in [0.15, 0.2) is 0 Å². The third-order valence-corrected chi connectivity index (χ3v) is 3.17. The lowest BCUT2D eigenvalue weighted by molar-refractivity contribution is -0.293. The third-order valence-electron chi connectivity index (χ3n) is 3.17. The lowest BCUT2D eigenvalue weighted by atomic mass is 9.95. The molecule has 0 fully saturated rings. The molecule has 24 heavy (non-hydrogen) atoms. The van der Waals surface area contributed by atoms with E-state index in [1.54, 1.807) is 0 Å². The van der Waals surface area contributed by atoms with Crippen LogP contribution in [0.15, 0.2) is 12.1 Å². The molecule has 0 unspecified atom stereocenters. The maximum absolute atomic E-state index is 5.75. The third kappa shape index (κ3) is 6.33. The average Bonchev–Trinajstić information content (AvgIpc) is 2.40. The normalized spacial score (nSPS) is 12.8. The Morgan fingerprint density at radius 3 is 1.12 bits per heavy atom. The minimum atomic E-state index is -0.426. The smallest absolute Gasteiger partial charge is 0.215 e. The van der Waals surface area contributed by atoms with Gasteiger partial charge in [0.25, 0.3) is 0 Å². The fourth-order valence-corrected chi connectivity index (χ4v) is 2.01. The van der Waals surface area contributed by atoms with Crippen LogP contribution in [0.4, 0.5) is 0 Å². The lowest BCUT2D eigenvalue weighted by Gasteiger charge is -2.25. The fraction of sp³-hybridized carbons (Fsp3) is 0.700. The molecule has 0 amide bonds. The predicted molar refractivity (Wildman–Crippen MR) is 97.6 cm³/mol. The summed E-state index contributed by atoms with van der Waals surface area (Å²) in [6.07, 6.45) is 0. The van der Waals surface area contributed by atoms with E-state index >= 15 is 0 Å². The van der Waals surface area contributed by atoms with Gasteiger partial charge in [0.2, 0.25) is 11.5 Å². The molecule has 1 aromatic carbocycles. The van der Waals surface area contributed by atoms with E-state index in [1.807, 2.05) is 41.5 Å². The monoisotopic (exact) mass is 338 g/mol. The van der Waals surface area contributed by atoms with Crippen LogP contribution in [-0.4, -0.2) is 11.2 Å². The molecule has 0 N–H and O–H groups in total. The summed E-state index contributed by atoms with van der Waals surface area (Å²) in [6, 6.07) is 4.15. The molecule has 4 nitrogen and oxygen atoms in total. The zero-order valence-corrected chi connectivity index (χ0v) is 16.9. The van der Waals surface area contributed by atoms with E-state index in [2.05, 4.69) is 39.8 Å². The van der Waals surface area contributed by atoms with Crippen LogP contribution in [-0.2, 0) is 9.78 Å². The van der Waals surface area contributed by atoms with Gasteiger partial charge in [-0.2, -0.15) is 9.78 Å². The number of hydrogen-bond acceptors (Lipinski definition) is 4. The quantitative estimate of drug-likeness (QED) is 0.460. The van der Waals surface area contributed by atoms with Crippen molar-refractivity contribution in [1.82, 2.24) is 0 Å². The number of benzene rings is 1. The lowest BCUT2D eigenvalue weighted by Crippen LogP contribution is -2.24. The van der Waals surface area contributed by atoms with Crippen LogP contribution in [0.1, 0.15) is 92.2 Å². The summed E-state index contributed by atoms with van der Waals surface area (Å²) < 4.78 is 0. The van der Waals surface area contributed by atoms with Crippen molar-refractivity contribution >= 4 is 0 Å². The standard InChI is InChI=1S/C20H34O4/c1-13(2)15-11-12-16(14(3)4)18(22-24-20(8,9)10)17(15)21-23-19(5,6)7/h11-14H,1-10H3. The first kappa shape index (κ1) is 20.8. The highest BCUT2D eigenvalue weighted by Gasteiger charge is 2.25. The molecular weight excluding hydrogens is 304 g/mol. The largest absolute Gasteiger partial charge is 0.333 e. The Kier molecular flexibility index (Phi) is 6.71. The first-order chi connectivity index (χ1) is 10.8. The summed E-state index contributed by atoms with van der Waals surface area (Å²) in [6.45, 7) is 20.1. The molecule has 0 heterocycles. The summed E-state index contributed by atoms with van der Waals surface area (Å²) >= 11 is 0. The van der Waals surface area contributed by atoms with Crippen LogP contribution >= 0.6 is 0 Å². The average molecular weight is 338 g/mol. The molecule has 4 heteroatoms. The highest BCUT2D eigenvalue weighted by atomic mass is 17.2. The summed E-state index contributed by atoms with van der Waals surface area (Å²) in [4.78, 5) is 22.6. The van der Waals surface area contributed by atoms with Crippen molar-refractivity contribution in [3.63, 3.8) is 0 Å². The topological polar surface area (TPSA) is 36.9 Å². The summed E-state index contributed by atoms with van der Waals surface area (Å²) in [7, 11) is 0. The van der Waals surface area contributed by atoms with Crippen molar-refractivity contribution < 1.29 is 19.6 Å². The molecule has 0 aliphatic carbocycles. The Labute approximate surface area is 147 Å². The number of hydrogen-bond donors (Lipinski definition) is 0. The van der Waals surface area contributed by atoms with Crippen molar-refractivity contribution in [2.75, 3.05) is 0 Å². The second kappa shape index (κ2) is 7.75. The molecule has 0 radical (unpaired) electrons. The van der Waals surface area contributed by atoms with Crippen molar-refractivity contribution in [3.05, 3.63) is 23.3 Å². The van der Waals surface area contributed by atoms with Crippen LogP contribution in [0.3, 0.4) is 0 Å². The van der Waals surface area contributed by atoms with E-state index in [0.717, 1.165) is 11.1 Å². The molecule has 0 spiro atoms. The SMILES string of the molecule is CC(C)c1ccc(C(C)C)c(OOC(C)(C)C)c1OOC(C)(C)C. The highest BCUT2D eigenvalue weighted by Crippen LogP contribution is 2.42. The Morgan fingerprint density at radius 2 is 0.917 bits per heavy atom. The van der Waals surface area contributed by atoms with Crippen molar-refractivity contribution in [3.8, 4) is 11.5 Å². The van der Waals surface area contributed by atoms with Gasteiger partial charge in [-0.15, -0.1) is 0 Å². The van der Waals surface area contributed by atoms with Gasteiger partial charge in [-0.25, -0.2) is 0 Å². The van der Waals surface area contributed by atoms with Gasteiger partial charge in [0.05, 0.1) is 0 Å². The minimum absolute atomic E-state index is 0.266. The second-order valence-corrected chi connectivity index (χ2v) is 8.77. The van der Waals surface area contributed by atoms with Crippen molar-refractivity contribution in [2.24, 2.45) is 0 Å². The fourth-order valence-electron chi connectivity index (χ4n) is 2.01. The molecule has 0 aliphatic heterocycles. The molecular formula is C20H34O4. The van der Waals surface area contributed by atoms with Gasteiger partial charge < -0.3 is 9.78 Å². The molecule has 1 rings (SSSR count). The maximum atomic E-state index is 5.75. The first-order valence-electron chi connectivity index (χ1n) is 8.70. The molecule has 0 aliphatic rings. The predicted octanol–water partition coefficient (Wildman–Crippen LogP) is 6.15. The van der Waals surface area contributed by atoms with Crippen LogP contribution in [0.25, 0.3) is 0 Å². The highest BCUT2D eigenvalue weighted by molar-refractivity contribution is 5.53. The number of rotatable bonds is 6. The maximum Gasteiger partial charge on any atom is 0.215 e. The van der Waals surface area contributed by atoms with E-state index < -0.39 is 11.2 Å². The molecule has 138 valence electrons. The van der Waals surface area contributed by atoms with Gasteiger partial charge >= 0.3 is 0 Å². The van der Waals surface area contributed by atoms with Crippen LogP contribution < -0.4 is 9.78 Å². The molecule has 0 atom stereocenters. The summed E-state index contributed by atoms with van der Waals surface area (Å²) in [5.74, 6) is 1.72. The molecule has 1 aromatic rings. The molecule has 0 bridgehead atoms. The van der Waals surface area contributed by atoms with Crippen LogP contribution in [0.2, 0.25) is 0 Å². The molecule has 0 aromatic heterocycles. The Balaban J connectivity index is 3.36. The van der Waals surface area contributed by atoms with E-state index in [-0.39, 0.29) is 11.8 Å².